The van der Waals surface area contributed by atoms with Crippen LogP contribution in [0.2, 0.25) is 5.02 Å². The maximum absolute atomic E-state index is 13.2. The summed E-state index contributed by atoms with van der Waals surface area (Å²) >= 11 is 6.42. The van der Waals surface area contributed by atoms with Gasteiger partial charge in [0.05, 0.1) is 36.5 Å². The second-order valence-electron chi connectivity index (χ2n) is 8.42. The van der Waals surface area contributed by atoms with Crippen molar-refractivity contribution in [1.29, 1.82) is 0 Å². The number of carbonyl (C=O) groups excluding carboxylic acids is 1. The van der Waals surface area contributed by atoms with E-state index < -0.39 is 16.6 Å². The second-order valence-corrected chi connectivity index (χ2v) is 10.7. The summed E-state index contributed by atoms with van der Waals surface area (Å²) in [5, 5.41) is 19.7. The predicted molar refractivity (Wildman–Crippen MR) is 151 cm³/mol. The first-order valence-corrected chi connectivity index (χ1v) is 13.7. The van der Waals surface area contributed by atoms with E-state index in [-0.39, 0.29) is 23.9 Å². The number of hydrogen-bond acceptors (Lipinski definition) is 5. The van der Waals surface area contributed by atoms with Gasteiger partial charge in [0.2, 0.25) is 10.0 Å². The van der Waals surface area contributed by atoms with E-state index in [2.05, 4.69) is 38.7 Å². The Bertz CT molecular complexity index is 1650. The van der Waals surface area contributed by atoms with Crippen molar-refractivity contribution in [2.24, 2.45) is 0 Å². The first-order valence-electron chi connectivity index (χ1n) is 11.8. The summed E-state index contributed by atoms with van der Waals surface area (Å²) in [7, 11) is -3.86. The number of halogens is 1. The second kappa shape index (κ2) is 12.6. The van der Waals surface area contributed by atoms with Crippen molar-refractivity contribution in [3.05, 3.63) is 101 Å². The molecule has 0 unspecified atom stereocenters. The predicted octanol–water partition coefficient (Wildman–Crippen LogP) is 3.56. The molecule has 9 nitrogen and oxygen atoms in total. The molecule has 0 bridgehead atoms. The quantitative estimate of drug-likeness (QED) is 0.219. The fourth-order valence-electron chi connectivity index (χ4n) is 3.75. The third kappa shape index (κ3) is 6.85. The van der Waals surface area contributed by atoms with Crippen LogP contribution in [0.15, 0.2) is 84.5 Å². The minimum absolute atomic E-state index is 0.117. The standard InChI is InChI=1S/C28H26ClN5O4S/c1-20(19-35)39(37,38)32-13-7-8-14-34-18-22(15-26(34)28(36)30-16-21-9-3-2-4-10-21)27-24(17-31-33-27)23-11-5-6-12-25(23)29/h2-6,9-12,15,17-18,32,35H,1,13-14,16,19H2,(H,30,36)(H,31,33). The van der Waals surface area contributed by atoms with Gasteiger partial charge in [-0.3, -0.25) is 9.89 Å². The van der Waals surface area contributed by atoms with E-state index in [1.807, 2.05) is 48.5 Å². The Labute approximate surface area is 231 Å². The average Bonchev–Trinajstić information content (AvgIpc) is 3.59. The molecule has 0 saturated carbocycles. The highest BCUT2D eigenvalue weighted by atomic mass is 35.5. The minimum atomic E-state index is -3.86. The van der Waals surface area contributed by atoms with Gasteiger partial charge in [-0.15, -0.1) is 0 Å². The van der Waals surface area contributed by atoms with Gasteiger partial charge in [0.1, 0.15) is 5.69 Å². The molecule has 0 radical (unpaired) electrons. The van der Waals surface area contributed by atoms with E-state index in [4.69, 9.17) is 16.7 Å². The van der Waals surface area contributed by atoms with E-state index in [9.17, 15) is 13.2 Å². The van der Waals surface area contributed by atoms with Crippen molar-refractivity contribution in [2.75, 3.05) is 13.2 Å². The smallest absolute Gasteiger partial charge is 0.268 e. The van der Waals surface area contributed by atoms with Gasteiger partial charge in [0.15, 0.2) is 0 Å². The molecule has 0 saturated heterocycles. The van der Waals surface area contributed by atoms with Gasteiger partial charge in [-0.2, -0.15) is 9.82 Å². The Kier molecular flexibility index (Phi) is 9.01. The maximum atomic E-state index is 13.2. The molecule has 0 fully saturated rings. The van der Waals surface area contributed by atoms with Crippen LogP contribution in [0.25, 0.3) is 22.4 Å². The van der Waals surface area contributed by atoms with Crippen molar-refractivity contribution in [2.45, 2.75) is 13.1 Å². The van der Waals surface area contributed by atoms with Crippen molar-refractivity contribution < 1.29 is 18.3 Å². The molecule has 0 aliphatic heterocycles. The van der Waals surface area contributed by atoms with Crippen molar-refractivity contribution in [3.8, 4) is 34.2 Å². The number of sulfonamides is 1. The van der Waals surface area contributed by atoms with Crippen LogP contribution in [-0.2, 0) is 23.1 Å². The molecule has 2 aromatic carbocycles. The molecule has 11 heteroatoms. The van der Waals surface area contributed by atoms with E-state index in [0.29, 0.717) is 28.5 Å². The van der Waals surface area contributed by atoms with Gasteiger partial charge >= 0.3 is 0 Å². The maximum Gasteiger partial charge on any atom is 0.268 e. The van der Waals surface area contributed by atoms with E-state index >= 15 is 0 Å². The van der Waals surface area contributed by atoms with E-state index in [1.165, 1.54) is 0 Å². The summed E-state index contributed by atoms with van der Waals surface area (Å²) in [6, 6.07) is 18.7. The number of benzene rings is 2. The van der Waals surface area contributed by atoms with E-state index in [1.54, 1.807) is 29.1 Å². The highest BCUT2D eigenvalue weighted by Gasteiger charge is 2.19. The Morgan fingerprint density at radius 1 is 1.10 bits per heavy atom. The highest BCUT2D eigenvalue weighted by Crippen LogP contribution is 2.35. The van der Waals surface area contributed by atoms with Crippen LogP contribution in [0, 0.1) is 11.8 Å². The Hall–Kier alpha value is -4.14. The number of aromatic amines is 1. The van der Waals surface area contributed by atoms with Crippen LogP contribution in [-0.4, -0.2) is 47.3 Å². The lowest BCUT2D eigenvalue weighted by atomic mass is 10.0. The fraction of sp³-hybridized carbons (Fsp3) is 0.143. The zero-order valence-corrected chi connectivity index (χ0v) is 22.4. The fourth-order valence-corrected chi connectivity index (χ4v) is 4.62. The molecule has 4 aromatic rings. The first kappa shape index (κ1) is 27.9. The van der Waals surface area contributed by atoms with Gasteiger partial charge in [-0.25, -0.2) is 8.42 Å². The summed E-state index contributed by atoms with van der Waals surface area (Å²) < 4.78 is 27.8. The van der Waals surface area contributed by atoms with Gasteiger partial charge in [-0.05, 0) is 17.7 Å². The van der Waals surface area contributed by atoms with E-state index in [0.717, 1.165) is 16.7 Å². The van der Waals surface area contributed by atoms with Gasteiger partial charge in [0.25, 0.3) is 5.91 Å². The number of aromatic nitrogens is 3. The number of amides is 1. The Morgan fingerprint density at radius 2 is 1.85 bits per heavy atom. The number of nitrogens with one attached hydrogen (secondary N) is 3. The molecule has 1 amide bonds. The summed E-state index contributed by atoms with van der Waals surface area (Å²) in [4.78, 5) is 12.9. The first-order chi connectivity index (χ1) is 18.8. The Morgan fingerprint density at radius 3 is 2.59 bits per heavy atom. The summed E-state index contributed by atoms with van der Waals surface area (Å²) in [5.41, 5.74) is 4.27. The molecule has 2 aromatic heterocycles. The molecule has 2 heterocycles. The lowest BCUT2D eigenvalue weighted by molar-refractivity contribution is 0.0942. The molecular formula is C28H26ClN5O4S. The van der Waals surface area contributed by atoms with Crippen LogP contribution in [0.4, 0.5) is 0 Å². The third-order valence-electron chi connectivity index (χ3n) is 5.80. The number of aliphatic hydroxyl groups is 1. The molecule has 0 aliphatic rings. The molecule has 200 valence electrons. The van der Waals surface area contributed by atoms with Crippen LogP contribution in [0.3, 0.4) is 0 Å². The summed E-state index contributed by atoms with van der Waals surface area (Å²) in [5.74, 6) is 5.31. The number of aliphatic hydroxyl groups excluding tert-OH is 1. The molecule has 0 spiro atoms. The summed E-state index contributed by atoms with van der Waals surface area (Å²) in [6.07, 6.45) is 3.45. The molecule has 0 atom stereocenters. The van der Waals surface area contributed by atoms with Crippen LogP contribution in [0.5, 0.6) is 0 Å². The number of nitrogens with zero attached hydrogens (tertiary/aromatic N) is 2. The normalized spacial score (nSPS) is 11.0. The third-order valence-corrected chi connectivity index (χ3v) is 7.54. The van der Waals surface area contributed by atoms with Gasteiger partial charge in [-0.1, -0.05) is 78.6 Å². The minimum Gasteiger partial charge on any atom is -0.391 e. The molecule has 39 heavy (non-hydrogen) atoms. The number of carbonyl (C=O) groups is 1. The van der Waals surface area contributed by atoms with Crippen LogP contribution in [0.1, 0.15) is 16.1 Å². The SMILES string of the molecule is C=C(CO)S(=O)(=O)NCC#CCn1cc(-c2[nH]ncc2-c2ccccc2Cl)cc1C(=O)NCc1ccccc1. The van der Waals surface area contributed by atoms with Crippen LogP contribution >= 0.6 is 11.6 Å². The molecule has 4 rings (SSSR count). The number of hydrogen-bond donors (Lipinski definition) is 4. The largest absolute Gasteiger partial charge is 0.391 e. The van der Waals surface area contributed by atoms with Gasteiger partial charge < -0.3 is 15.0 Å². The zero-order valence-electron chi connectivity index (χ0n) is 20.8. The average molecular weight is 564 g/mol. The van der Waals surface area contributed by atoms with Gasteiger partial charge in [0, 0.05) is 34.5 Å². The molecule has 0 aliphatic carbocycles. The number of H-pyrrole nitrogens is 1. The van der Waals surface area contributed by atoms with Crippen molar-refractivity contribution in [1.82, 2.24) is 24.8 Å². The summed E-state index contributed by atoms with van der Waals surface area (Å²) in [6.45, 7) is 2.91. The number of rotatable bonds is 10. The highest BCUT2D eigenvalue weighted by molar-refractivity contribution is 7.93. The zero-order chi connectivity index (χ0) is 27.8. The molecular weight excluding hydrogens is 538 g/mol. The Balaban J connectivity index is 1.60. The topological polar surface area (TPSA) is 129 Å². The molecule has 4 N–H and O–H groups in total. The van der Waals surface area contributed by atoms with Crippen LogP contribution < -0.4 is 10.0 Å². The monoisotopic (exact) mass is 563 g/mol. The lowest BCUT2D eigenvalue weighted by Gasteiger charge is -2.07. The lowest BCUT2D eigenvalue weighted by Crippen LogP contribution is -2.26. The van der Waals surface area contributed by atoms with Crippen molar-refractivity contribution >= 4 is 27.5 Å². The van der Waals surface area contributed by atoms with Crippen molar-refractivity contribution in [3.63, 3.8) is 0 Å².